The first kappa shape index (κ1) is 19.6. The van der Waals surface area contributed by atoms with Gasteiger partial charge in [-0.25, -0.2) is 9.98 Å². The number of anilines is 1. The Balaban J connectivity index is 1.79. The number of rotatable bonds is 4. The summed E-state index contributed by atoms with van der Waals surface area (Å²) in [7, 11) is 0. The number of nitrogens with zero attached hydrogens (tertiary/aromatic N) is 2. The fourth-order valence-electron chi connectivity index (χ4n) is 3.09. The number of aromatic nitrogens is 1. The molecular formula is C25H23N3O2. The van der Waals surface area contributed by atoms with Gasteiger partial charge in [0.1, 0.15) is 17.0 Å². The lowest BCUT2D eigenvalue weighted by Crippen LogP contribution is -2.22. The van der Waals surface area contributed by atoms with Gasteiger partial charge in [0.25, 0.3) is 5.91 Å². The number of para-hydroxylation sites is 1. The molecule has 0 spiro atoms. The molecule has 30 heavy (non-hydrogen) atoms. The van der Waals surface area contributed by atoms with Crippen molar-refractivity contribution in [1.82, 2.24) is 4.98 Å². The third-order valence-electron chi connectivity index (χ3n) is 4.84. The molecule has 0 saturated heterocycles. The zero-order valence-electron chi connectivity index (χ0n) is 17.2. The minimum Gasteiger partial charge on any atom is -0.438 e. The molecule has 0 atom stereocenters. The van der Waals surface area contributed by atoms with E-state index in [0.29, 0.717) is 22.9 Å². The molecule has 0 aliphatic heterocycles. The number of hydrogen-bond donors (Lipinski definition) is 1. The zero-order chi connectivity index (χ0) is 21.1. The molecular weight excluding hydrogens is 374 g/mol. The highest BCUT2D eigenvalue weighted by Gasteiger charge is 2.13. The molecule has 0 bridgehead atoms. The van der Waals surface area contributed by atoms with Crippen LogP contribution >= 0.6 is 0 Å². The van der Waals surface area contributed by atoms with Gasteiger partial charge in [-0.2, -0.15) is 0 Å². The van der Waals surface area contributed by atoms with Gasteiger partial charge < -0.3 is 9.73 Å². The molecule has 5 heteroatoms. The first-order chi connectivity index (χ1) is 14.5. The fraction of sp³-hybridized carbons (Fsp3) is 0.160. The van der Waals surface area contributed by atoms with Gasteiger partial charge in [0.2, 0.25) is 5.55 Å². The van der Waals surface area contributed by atoms with Crippen molar-refractivity contribution in [2.45, 2.75) is 26.7 Å². The van der Waals surface area contributed by atoms with Gasteiger partial charge in [0.05, 0.1) is 5.69 Å². The van der Waals surface area contributed by atoms with Crippen LogP contribution in [-0.4, -0.2) is 10.9 Å². The number of aryl methyl sites for hydroxylation is 1. The molecule has 0 radical (unpaired) electrons. The van der Waals surface area contributed by atoms with Gasteiger partial charge in [-0.3, -0.25) is 4.79 Å². The molecule has 0 aliphatic carbocycles. The van der Waals surface area contributed by atoms with Gasteiger partial charge >= 0.3 is 0 Å². The number of benzene rings is 2. The van der Waals surface area contributed by atoms with E-state index in [2.05, 4.69) is 29.1 Å². The second kappa shape index (κ2) is 8.33. The topological polar surface area (TPSA) is 67.5 Å². The molecule has 0 fully saturated rings. The quantitative estimate of drug-likeness (QED) is 0.477. The lowest BCUT2D eigenvalue weighted by atomic mass is 10.0. The minimum atomic E-state index is -0.321. The van der Waals surface area contributed by atoms with Gasteiger partial charge in [0.15, 0.2) is 0 Å². The Kier molecular flexibility index (Phi) is 5.44. The normalized spacial score (nSPS) is 11.8. The molecule has 2 aromatic heterocycles. The van der Waals surface area contributed by atoms with Crippen LogP contribution in [0.5, 0.6) is 0 Å². The summed E-state index contributed by atoms with van der Waals surface area (Å²) in [5.41, 5.74) is 4.25. The molecule has 0 unspecified atom stereocenters. The number of nitrogens with one attached hydrogen (secondary N) is 1. The molecule has 1 N–H and O–H groups in total. The third-order valence-corrected chi connectivity index (χ3v) is 4.84. The Labute approximate surface area is 175 Å². The summed E-state index contributed by atoms with van der Waals surface area (Å²) < 4.78 is 6.00. The summed E-state index contributed by atoms with van der Waals surface area (Å²) in [6, 6.07) is 21.0. The molecule has 0 aliphatic rings. The van der Waals surface area contributed by atoms with E-state index in [9.17, 15) is 4.79 Å². The Morgan fingerprint density at radius 1 is 1.03 bits per heavy atom. The minimum absolute atomic E-state index is 0.260. The largest absolute Gasteiger partial charge is 0.438 e. The molecule has 4 rings (SSSR count). The summed E-state index contributed by atoms with van der Waals surface area (Å²) in [4.78, 5) is 21.9. The smallest absolute Gasteiger partial charge is 0.262 e. The molecule has 5 nitrogen and oxygen atoms in total. The van der Waals surface area contributed by atoms with Gasteiger partial charge in [-0.15, -0.1) is 0 Å². The first-order valence-electron chi connectivity index (χ1n) is 9.91. The van der Waals surface area contributed by atoms with Crippen LogP contribution in [0.3, 0.4) is 0 Å². The van der Waals surface area contributed by atoms with E-state index in [4.69, 9.17) is 4.42 Å². The van der Waals surface area contributed by atoms with Gasteiger partial charge in [-0.1, -0.05) is 50.2 Å². The molecule has 0 saturated carbocycles. The molecule has 2 aromatic carbocycles. The van der Waals surface area contributed by atoms with Gasteiger partial charge in [0, 0.05) is 11.6 Å². The van der Waals surface area contributed by atoms with Crippen molar-refractivity contribution in [2.24, 2.45) is 4.99 Å². The average Bonchev–Trinajstić information content (AvgIpc) is 2.75. The fourth-order valence-corrected chi connectivity index (χ4v) is 3.09. The van der Waals surface area contributed by atoms with Crippen molar-refractivity contribution in [3.8, 4) is 0 Å². The maximum absolute atomic E-state index is 13.0. The summed E-state index contributed by atoms with van der Waals surface area (Å²) in [6.07, 6.45) is 1.71. The van der Waals surface area contributed by atoms with E-state index in [0.717, 1.165) is 16.6 Å². The lowest BCUT2D eigenvalue weighted by molar-refractivity contribution is 0.102. The average molecular weight is 397 g/mol. The van der Waals surface area contributed by atoms with Crippen LogP contribution < -0.4 is 10.9 Å². The SMILES string of the molecule is Cc1ccc(NC(=O)c2cc3ccccc3oc2=Nc2ccc(C(C)C)cc2)nc1. The molecule has 4 aromatic rings. The van der Waals surface area contributed by atoms with E-state index in [1.807, 2.05) is 61.5 Å². The van der Waals surface area contributed by atoms with Crippen LogP contribution in [0.25, 0.3) is 11.0 Å². The number of fused-ring (bicyclic) bond motifs is 1. The van der Waals surface area contributed by atoms with Crippen molar-refractivity contribution in [3.05, 3.63) is 95.2 Å². The van der Waals surface area contributed by atoms with Crippen LogP contribution in [0.2, 0.25) is 0 Å². The lowest BCUT2D eigenvalue weighted by Gasteiger charge is -2.07. The maximum Gasteiger partial charge on any atom is 0.262 e. The Hall–Kier alpha value is -3.73. The highest BCUT2D eigenvalue weighted by molar-refractivity contribution is 6.04. The number of pyridine rings is 1. The van der Waals surface area contributed by atoms with Gasteiger partial charge in [-0.05, 0) is 54.3 Å². The Morgan fingerprint density at radius 2 is 1.80 bits per heavy atom. The zero-order valence-corrected chi connectivity index (χ0v) is 17.2. The van der Waals surface area contributed by atoms with Crippen molar-refractivity contribution < 1.29 is 9.21 Å². The number of carbonyl (C=O) groups is 1. The van der Waals surface area contributed by atoms with Crippen molar-refractivity contribution in [2.75, 3.05) is 5.32 Å². The summed E-state index contributed by atoms with van der Waals surface area (Å²) in [5, 5.41) is 3.66. The van der Waals surface area contributed by atoms with Crippen molar-refractivity contribution >= 4 is 28.4 Å². The predicted octanol–water partition coefficient (Wildman–Crippen LogP) is 5.74. The second-order valence-corrected chi connectivity index (χ2v) is 7.54. The highest BCUT2D eigenvalue weighted by Crippen LogP contribution is 2.20. The van der Waals surface area contributed by atoms with Crippen LogP contribution in [0.15, 0.2) is 82.3 Å². The van der Waals surface area contributed by atoms with E-state index in [-0.39, 0.29) is 11.5 Å². The third kappa shape index (κ3) is 4.30. The maximum atomic E-state index is 13.0. The monoisotopic (exact) mass is 397 g/mol. The van der Waals surface area contributed by atoms with Crippen LogP contribution in [0.4, 0.5) is 11.5 Å². The van der Waals surface area contributed by atoms with E-state index in [1.165, 1.54) is 5.56 Å². The van der Waals surface area contributed by atoms with Crippen LogP contribution in [0, 0.1) is 6.92 Å². The van der Waals surface area contributed by atoms with Crippen LogP contribution in [0.1, 0.15) is 41.3 Å². The number of carbonyl (C=O) groups excluding carboxylic acids is 1. The van der Waals surface area contributed by atoms with E-state index < -0.39 is 0 Å². The summed E-state index contributed by atoms with van der Waals surface area (Å²) in [5.74, 6) is 0.595. The first-order valence-corrected chi connectivity index (χ1v) is 9.91. The highest BCUT2D eigenvalue weighted by atomic mass is 16.3. The number of hydrogen-bond acceptors (Lipinski definition) is 4. The molecule has 2 heterocycles. The van der Waals surface area contributed by atoms with Crippen molar-refractivity contribution in [3.63, 3.8) is 0 Å². The van der Waals surface area contributed by atoms with E-state index >= 15 is 0 Å². The van der Waals surface area contributed by atoms with Crippen LogP contribution in [-0.2, 0) is 0 Å². The standard InChI is InChI=1S/C25H23N3O2/c1-16(2)18-9-11-20(12-10-18)27-25-21(14-19-6-4-5-7-22(19)30-25)24(29)28-23-13-8-17(3)15-26-23/h4-16H,1-3H3,(H,26,28,29). The van der Waals surface area contributed by atoms with E-state index in [1.54, 1.807) is 18.3 Å². The second-order valence-electron chi connectivity index (χ2n) is 7.54. The summed E-state index contributed by atoms with van der Waals surface area (Å²) >= 11 is 0. The Morgan fingerprint density at radius 3 is 2.50 bits per heavy atom. The van der Waals surface area contributed by atoms with Crippen molar-refractivity contribution in [1.29, 1.82) is 0 Å². The molecule has 1 amide bonds. The predicted molar refractivity (Wildman–Crippen MR) is 119 cm³/mol. The summed E-state index contributed by atoms with van der Waals surface area (Å²) in [6.45, 7) is 6.24. The molecule has 150 valence electrons. The Bertz CT molecular complexity index is 1250. The number of amides is 1.